The third-order valence-corrected chi connectivity index (χ3v) is 8.33. The Morgan fingerprint density at radius 1 is 1.14 bits per heavy atom. The number of ketones is 1. The zero-order valence-corrected chi connectivity index (χ0v) is 15.1. The lowest BCUT2D eigenvalue weighted by Gasteiger charge is -2.35. The van der Waals surface area contributed by atoms with Gasteiger partial charge in [-0.1, -0.05) is 50.8 Å². The van der Waals surface area contributed by atoms with Crippen molar-refractivity contribution in [3.8, 4) is 23.7 Å². The van der Waals surface area contributed by atoms with Crippen LogP contribution >= 0.6 is 0 Å². The van der Waals surface area contributed by atoms with Gasteiger partial charge in [0.05, 0.1) is 0 Å². The molecule has 0 fully saturated rings. The molecule has 116 valence electrons. The van der Waals surface area contributed by atoms with Gasteiger partial charge >= 0.3 is 0 Å². The van der Waals surface area contributed by atoms with E-state index < -0.39 is 8.32 Å². The Labute approximate surface area is 135 Å². The molecule has 0 saturated carbocycles. The van der Waals surface area contributed by atoms with Gasteiger partial charge in [0.25, 0.3) is 5.78 Å². The second kappa shape index (κ2) is 7.99. The summed E-state index contributed by atoms with van der Waals surface area (Å²) in [7, 11) is -1.72. The van der Waals surface area contributed by atoms with Crippen LogP contribution in [0.4, 0.5) is 0 Å². The molecule has 1 aromatic rings. The van der Waals surface area contributed by atoms with Crippen LogP contribution in [0.15, 0.2) is 30.3 Å². The highest BCUT2D eigenvalue weighted by Crippen LogP contribution is 2.36. The van der Waals surface area contributed by atoms with Gasteiger partial charge in [-0.05, 0) is 42.1 Å². The Bertz CT molecular complexity index is 617. The monoisotopic (exact) mass is 312 g/mol. The summed E-state index contributed by atoms with van der Waals surface area (Å²) in [5.41, 5.74) is 0.818. The Hall–Kier alpha value is -1.81. The van der Waals surface area contributed by atoms with E-state index in [4.69, 9.17) is 4.43 Å². The van der Waals surface area contributed by atoms with Crippen LogP contribution in [0.1, 0.15) is 32.8 Å². The standard InChI is InChI=1S/C19H24O2Si/c1-19(2,3)22(4,5)21-16-10-9-13-18(20)15-14-17-11-7-6-8-12-17/h6-8,11-12H,10,16H2,1-5H3. The molecule has 0 unspecified atom stereocenters. The molecule has 0 amide bonds. The molecule has 1 aromatic carbocycles. The SMILES string of the molecule is CC(C)(C)[Si](C)(C)OCCC#CC(=O)C#Cc1ccccc1. The summed E-state index contributed by atoms with van der Waals surface area (Å²) in [5, 5.41) is 0.192. The number of carbonyl (C=O) groups excluding carboxylic acids is 1. The predicted molar refractivity (Wildman–Crippen MR) is 93.9 cm³/mol. The minimum absolute atomic E-state index is 0.192. The molecule has 0 aliphatic carbocycles. The molecule has 0 saturated heterocycles. The van der Waals surface area contributed by atoms with Gasteiger partial charge in [-0.2, -0.15) is 0 Å². The summed E-state index contributed by atoms with van der Waals surface area (Å²) in [6, 6.07) is 9.41. The lowest BCUT2D eigenvalue weighted by Crippen LogP contribution is -2.40. The predicted octanol–water partition coefficient (Wildman–Crippen LogP) is 4.02. The first-order chi connectivity index (χ1) is 10.2. The zero-order chi connectivity index (χ0) is 16.6. The van der Waals surface area contributed by atoms with Crippen molar-refractivity contribution in [3.63, 3.8) is 0 Å². The number of benzene rings is 1. The maximum absolute atomic E-state index is 11.6. The minimum Gasteiger partial charge on any atom is -0.416 e. The summed E-state index contributed by atoms with van der Waals surface area (Å²) in [4.78, 5) is 11.6. The maximum atomic E-state index is 11.6. The first kappa shape index (κ1) is 18.2. The van der Waals surface area contributed by atoms with E-state index in [9.17, 15) is 4.79 Å². The fourth-order valence-electron chi connectivity index (χ4n) is 1.40. The van der Waals surface area contributed by atoms with Gasteiger partial charge < -0.3 is 4.43 Å². The smallest absolute Gasteiger partial charge is 0.279 e. The van der Waals surface area contributed by atoms with E-state index in [1.165, 1.54) is 0 Å². The summed E-state index contributed by atoms with van der Waals surface area (Å²) >= 11 is 0. The van der Waals surface area contributed by atoms with E-state index in [-0.39, 0.29) is 10.8 Å². The fourth-order valence-corrected chi connectivity index (χ4v) is 2.44. The third-order valence-electron chi connectivity index (χ3n) is 3.79. The molecule has 0 aromatic heterocycles. The summed E-state index contributed by atoms with van der Waals surface area (Å²) in [6.45, 7) is 11.6. The zero-order valence-electron chi connectivity index (χ0n) is 14.1. The molecule has 0 aliphatic heterocycles. The molecule has 1 rings (SSSR count). The fraction of sp³-hybridized carbons (Fsp3) is 0.421. The highest BCUT2D eigenvalue weighted by Gasteiger charge is 2.36. The van der Waals surface area contributed by atoms with Gasteiger partial charge in [0.15, 0.2) is 8.32 Å². The van der Waals surface area contributed by atoms with Crippen molar-refractivity contribution in [2.45, 2.75) is 45.3 Å². The van der Waals surface area contributed by atoms with Gasteiger partial charge in [-0.3, -0.25) is 4.79 Å². The van der Waals surface area contributed by atoms with E-state index in [1.54, 1.807) is 0 Å². The van der Waals surface area contributed by atoms with E-state index in [2.05, 4.69) is 57.5 Å². The van der Waals surface area contributed by atoms with Gasteiger partial charge in [-0.15, -0.1) is 0 Å². The molecule has 0 bridgehead atoms. The van der Waals surface area contributed by atoms with Crippen molar-refractivity contribution in [1.82, 2.24) is 0 Å². The Balaban J connectivity index is 2.43. The van der Waals surface area contributed by atoms with Crippen LogP contribution < -0.4 is 0 Å². The Kier molecular flexibility index (Phi) is 6.62. The number of rotatable bonds is 3. The Morgan fingerprint density at radius 3 is 2.36 bits per heavy atom. The van der Waals surface area contributed by atoms with E-state index >= 15 is 0 Å². The third kappa shape index (κ3) is 6.31. The average Bonchev–Trinajstić information content (AvgIpc) is 2.44. The second-order valence-corrected chi connectivity index (χ2v) is 11.4. The lowest BCUT2D eigenvalue weighted by molar-refractivity contribution is -0.108. The molecular formula is C19H24O2Si. The summed E-state index contributed by atoms with van der Waals surface area (Å²) < 4.78 is 5.99. The topological polar surface area (TPSA) is 26.3 Å². The first-order valence-corrected chi connectivity index (χ1v) is 10.4. The largest absolute Gasteiger partial charge is 0.416 e. The number of hydrogen-bond donors (Lipinski definition) is 0. The van der Waals surface area contributed by atoms with Crippen LogP contribution in [-0.2, 0) is 9.22 Å². The second-order valence-electron chi connectivity index (χ2n) is 6.61. The van der Waals surface area contributed by atoms with Crippen molar-refractivity contribution < 1.29 is 9.22 Å². The van der Waals surface area contributed by atoms with E-state index in [0.29, 0.717) is 13.0 Å². The van der Waals surface area contributed by atoms with Crippen molar-refractivity contribution in [2.75, 3.05) is 6.61 Å². The number of carbonyl (C=O) groups is 1. The molecule has 0 aliphatic rings. The van der Waals surface area contributed by atoms with Crippen LogP contribution in [0.2, 0.25) is 18.1 Å². The normalized spacial score (nSPS) is 11.0. The van der Waals surface area contributed by atoms with Crippen molar-refractivity contribution >= 4 is 14.1 Å². The number of Topliss-reactive ketones (excluding diaryl/α,β-unsaturated/α-hetero) is 1. The highest BCUT2D eigenvalue weighted by molar-refractivity contribution is 6.74. The highest BCUT2D eigenvalue weighted by atomic mass is 28.4. The quantitative estimate of drug-likeness (QED) is 0.365. The molecule has 0 atom stereocenters. The lowest BCUT2D eigenvalue weighted by atomic mass is 10.2. The molecule has 3 heteroatoms. The number of hydrogen-bond acceptors (Lipinski definition) is 2. The minimum atomic E-state index is -1.72. The van der Waals surface area contributed by atoms with Gasteiger partial charge in [0.1, 0.15) is 0 Å². The van der Waals surface area contributed by atoms with E-state index in [1.807, 2.05) is 30.3 Å². The average molecular weight is 312 g/mol. The summed E-state index contributed by atoms with van der Waals surface area (Å²) in [6.07, 6.45) is 0.561. The van der Waals surface area contributed by atoms with Crippen LogP contribution in [0.3, 0.4) is 0 Å². The van der Waals surface area contributed by atoms with Gasteiger partial charge in [0.2, 0.25) is 0 Å². The van der Waals surface area contributed by atoms with Gasteiger partial charge in [-0.25, -0.2) is 0 Å². The molecule has 0 spiro atoms. The molecular weight excluding hydrogens is 288 g/mol. The Morgan fingerprint density at radius 2 is 1.77 bits per heavy atom. The first-order valence-electron chi connectivity index (χ1n) is 7.46. The van der Waals surface area contributed by atoms with Crippen LogP contribution in [0.5, 0.6) is 0 Å². The maximum Gasteiger partial charge on any atom is 0.279 e. The molecule has 0 radical (unpaired) electrons. The van der Waals surface area contributed by atoms with Crippen molar-refractivity contribution in [2.24, 2.45) is 0 Å². The molecule has 2 nitrogen and oxygen atoms in total. The molecule has 0 heterocycles. The molecule has 0 N–H and O–H groups in total. The van der Waals surface area contributed by atoms with Crippen LogP contribution in [0, 0.1) is 23.7 Å². The van der Waals surface area contributed by atoms with Gasteiger partial charge in [0, 0.05) is 18.6 Å². The molecule has 22 heavy (non-hydrogen) atoms. The van der Waals surface area contributed by atoms with Crippen LogP contribution in [-0.4, -0.2) is 20.7 Å². The van der Waals surface area contributed by atoms with Crippen LogP contribution in [0.25, 0.3) is 0 Å². The van der Waals surface area contributed by atoms with Crippen molar-refractivity contribution in [1.29, 1.82) is 0 Å². The summed E-state index contributed by atoms with van der Waals surface area (Å²) in [5.74, 6) is 10.4. The van der Waals surface area contributed by atoms with Crippen molar-refractivity contribution in [3.05, 3.63) is 35.9 Å². The van der Waals surface area contributed by atoms with E-state index in [0.717, 1.165) is 5.56 Å².